The Balaban J connectivity index is 1.67. The van der Waals surface area contributed by atoms with Crippen molar-refractivity contribution in [1.82, 2.24) is 0 Å². The maximum Gasteiger partial charge on any atom is 0.314 e. The number of ether oxygens (including phenoxy) is 2. The van der Waals surface area contributed by atoms with Crippen molar-refractivity contribution in [2.24, 2.45) is 5.92 Å². The molecule has 3 heteroatoms. The lowest BCUT2D eigenvalue weighted by Crippen LogP contribution is -2.42. The fourth-order valence-electron chi connectivity index (χ4n) is 1.48. The Morgan fingerprint density at radius 1 is 1.35 bits per heavy atom. The molecule has 1 aliphatic heterocycles. The van der Waals surface area contributed by atoms with Crippen molar-refractivity contribution in [3.05, 3.63) is 35.9 Å². The fraction of sp³-hybridized carbons (Fsp3) is 0.357. The highest BCUT2D eigenvalue weighted by Gasteiger charge is 2.37. The maximum atomic E-state index is 10.8. The molecule has 2 atom stereocenters. The third kappa shape index (κ3) is 3.08. The molecule has 1 aliphatic rings. The quantitative estimate of drug-likeness (QED) is 0.451. The van der Waals surface area contributed by atoms with Crippen LogP contribution < -0.4 is 0 Å². The number of rotatable bonds is 3. The van der Waals surface area contributed by atoms with Gasteiger partial charge in [-0.15, -0.1) is 0 Å². The Hall–Kier alpha value is -1.79. The Labute approximate surface area is 101 Å². The first kappa shape index (κ1) is 11.7. The van der Waals surface area contributed by atoms with E-state index in [0.29, 0.717) is 13.2 Å². The molecule has 1 aromatic carbocycles. The van der Waals surface area contributed by atoms with E-state index in [-0.39, 0.29) is 18.0 Å². The third-order valence-electron chi connectivity index (χ3n) is 2.60. The zero-order chi connectivity index (χ0) is 12.1. The second-order valence-electron chi connectivity index (χ2n) is 3.95. The van der Waals surface area contributed by atoms with Gasteiger partial charge in [-0.3, -0.25) is 4.79 Å². The van der Waals surface area contributed by atoms with Crippen LogP contribution in [0.5, 0.6) is 0 Å². The number of hydrogen-bond donors (Lipinski definition) is 0. The molecule has 0 radical (unpaired) electrons. The second kappa shape index (κ2) is 5.51. The minimum Gasteiger partial charge on any atom is -0.448 e. The summed E-state index contributed by atoms with van der Waals surface area (Å²) in [6.45, 7) is 2.72. The highest BCUT2D eigenvalue weighted by Crippen LogP contribution is 2.20. The Morgan fingerprint density at radius 3 is 2.76 bits per heavy atom. The van der Waals surface area contributed by atoms with E-state index in [9.17, 15) is 4.79 Å². The average molecular weight is 230 g/mol. The van der Waals surface area contributed by atoms with E-state index in [1.807, 2.05) is 37.3 Å². The van der Waals surface area contributed by atoms with Gasteiger partial charge in [0.15, 0.2) is 6.10 Å². The van der Waals surface area contributed by atoms with Gasteiger partial charge in [-0.1, -0.05) is 42.2 Å². The normalized spacial score (nSPS) is 22.1. The first-order valence-corrected chi connectivity index (χ1v) is 5.58. The minimum atomic E-state index is -0.247. The highest BCUT2D eigenvalue weighted by atomic mass is 16.6. The van der Waals surface area contributed by atoms with Gasteiger partial charge in [0.1, 0.15) is 12.5 Å². The second-order valence-corrected chi connectivity index (χ2v) is 3.95. The van der Waals surface area contributed by atoms with Crippen LogP contribution in [0.3, 0.4) is 0 Å². The number of hydrogen-bond acceptors (Lipinski definition) is 3. The fourth-order valence-corrected chi connectivity index (χ4v) is 1.48. The summed E-state index contributed by atoms with van der Waals surface area (Å²) in [6, 6.07) is 9.92. The molecular formula is C14H14O3. The smallest absolute Gasteiger partial charge is 0.314 e. The number of benzene rings is 1. The third-order valence-corrected chi connectivity index (χ3v) is 2.60. The Kier molecular flexibility index (Phi) is 3.79. The zero-order valence-corrected chi connectivity index (χ0v) is 9.68. The summed E-state index contributed by atoms with van der Waals surface area (Å²) in [5.41, 5.74) is 1.12. The van der Waals surface area contributed by atoms with Crippen molar-refractivity contribution < 1.29 is 14.3 Å². The number of carbonyl (C=O) groups is 1. The van der Waals surface area contributed by atoms with Crippen molar-refractivity contribution in [3.63, 3.8) is 0 Å². The summed E-state index contributed by atoms with van der Waals surface area (Å²) in [4.78, 5) is 10.8. The van der Waals surface area contributed by atoms with Crippen LogP contribution in [0.15, 0.2) is 30.3 Å². The van der Waals surface area contributed by atoms with Crippen molar-refractivity contribution in [2.45, 2.75) is 19.6 Å². The molecule has 0 aromatic heterocycles. The molecule has 0 bridgehead atoms. The molecule has 3 nitrogen and oxygen atoms in total. The van der Waals surface area contributed by atoms with Gasteiger partial charge in [-0.25, -0.2) is 0 Å². The highest BCUT2D eigenvalue weighted by molar-refractivity contribution is 5.79. The Morgan fingerprint density at radius 2 is 2.12 bits per heavy atom. The molecule has 1 aromatic rings. The zero-order valence-electron chi connectivity index (χ0n) is 9.68. The van der Waals surface area contributed by atoms with Gasteiger partial charge in [-0.05, 0) is 12.5 Å². The van der Waals surface area contributed by atoms with E-state index in [4.69, 9.17) is 9.47 Å². The molecule has 88 valence electrons. The van der Waals surface area contributed by atoms with Crippen LogP contribution >= 0.6 is 0 Å². The van der Waals surface area contributed by atoms with Crippen LogP contribution in [-0.2, 0) is 20.9 Å². The molecule has 0 N–H and O–H groups in total. The number of carbonyl (C=O) groups excluding carboxylic acids is 1. The molecule has 1 fully saturated rings. The molecular weight excluding hydrogens is 216 g/mol. The van der Waals surface area contributed by atoms with E-state index >= 15 is 0 Å². The topological polar surface area (TPSA) is 35.5 Å². The van der Waals surface area contributed by atoms with Crippen LogP contribution in [0.2, 0.25) is 0 Å². The largest absolute Gasteiger partial charge is 0.448 e. The molecule has 0 amide bonds. The maximum absolute atomic E-state index is 10.8. The molecule has 2 rings (SSSR count). The van der Waals surface area contributed by atoms with Gasteiger partial charge >= 0.3 is 5.97 Å². The van der Waals surface area contributed by atoms with E-state index in [1.54, 1.807) is 0 Å². The molecule has 1 saturated heterocycles. The monoisotopic (exact) mass is 230 g/mol. The molecule has 1 heterocycles. The van der Waals surface area contributed by atoms with Gasteiger partial charge in [0.25, 0.3) is 0 Å². The molecule has 0 unspecified atom stereocenters. The number of esters is 1. The van der Waals surface area contributed by atoms with Crippen molar-refractivity contribution >= 4 is 5.97 Å². The van der Waals surface area contributed by atoms with E-state index in [0.717, 1.165) is 5.56 Å². The first-order valence-electron chi connectivity index (χ1n) is 5.58. The molecule has 17 heavy (non-hydrogen) atoms. The van der Waals surface area contributed by atoms with Crippen LogP contribution in [0.25, 0.3) is 0 Å². The van der Waals surface area contributed by atoms with Crippen LogP contribution in [0, 0.1) is 17.8 Å². The van der Waals surface area contributed by atoms with Crippen molar-refractivity contribution in [1.29, 1.82) is 0 Å². The van der Waals surface area contributed by atoms with E-state index in [1.165, 1.54) is 0 Å². The van der Waals surface area contributed by atoms with Crippen LogP contribution in [-0.4, -0.2) is 18.7 Å². The predicted octanol–water partition coefficient (Wildman–Crippen LogP) is 1.77. The van der Waals surface area contributed by atoms with E-state index in [2.05, 4.69) is 11.8 Å². The Bertz CT molecular complexity index is 442. The average Bonchev–Trinajstić information content (AvgIpc) is 2.38. The van der Waals surface area contributed by atoms with Gasteiger partial charge < -0.3 is 9.47 Å². The molecule has 0 aliphatic carbocycles. The van der Waals surface area contributed by atoms with Gasteiger partial charge in [-0.2, -0.15) is 0 Å². The SMILES string of the molecule is C[C@H]1C(=O)O[C@@H]1C#CCOCc1ccccc1. The predicted molar refractivity (Wildman–Crippen MR) is 62.9 cm³/mol. The minimum absolute atomic E-state index is 0.100. The summed E-state index contributed by atoms with van der Waals surface area (Å²) in [5.74, 6) is 5.45. The summed E-state index contributed by atoms with van der Waals surface area (Å²) in [6.07, 6.45) is -0.247. The van der Waals surface area contributed by atoms with Crippen molar-refractivity contribution in [2.75, 3.05) is 6.61 Å². The van der Waals surface area contributed by atoms with Crippen molar-refractivity contribution in [3.8, 4) is 11.8 Å². The molecule has 0 saturated carbocycles. The summed E-state index contributed by atoms with van der Waals surface area (Å²) in [7, 11) is 0. The summed E-state index contributed by atoms with van der Waals surface area (Å²) in [5, 5.41) is 0. The van der Waals surface area contributed by atoms with Gasteiger partial charge in [0.05, 0.1) is 6.61 Å². The lowest BCUT2D eigenvalue weighted by atomic mass is 10.0. The van der Waals surface area contributed by atoms with Crippen LogP contribution in [0.1, 0.15) is 12.5 Å². The van der Waals surface area contributed by atoms with Gasteiger partial charge in [0, 0.05) is 0 Å². The first-order chi connectivity index (χ1) is 8.27. The lowest BCUT2D eigenvalue weighted by Gasteiger charge is -2.27. The summed E-state index contributed by atoms with van der Waals surface area (Å²) < 4.78 is 10.2. The number of cyclic esters (lactones) is 1. The van der Waals surface area contributed by atoms with Crippen LogP contribution in [0.4, 0.5) is 0 Å². The van der Waals surface area contributed by atoms with E-state index < -0.39 is 0 Å². The summed E-state index contributed by atoms with van der Waals surface area (Å²) >= 11 is 0. The lowest BCUT2D eigenvalue weighted by molar-refractivity contribution is -0.175. The molecule has 0 spiro atoms. The standard InChI is InChI=1S/C14H14O3/c1-11-13(17-14(11)15)8-5-9-16-10-12-6-3-2-4-7-12/h2-4,6-7,11,13H,9-10H2,1H3/t11-,13-/m1/s1. The van der Waals surface area contributed by atoms with Gasteiger partial charge in [0.2, 0.25) is 0 Å².